The van der Waals surface area contributed by atoms with Crippen molar-refractivity contribution in [1.29, 1.82) is 0 Å². The molecule has 5 heteroatoms. The number of amides is 1. The summed E-state index contributed by atoms with van der Waals surface area (Å²) in [6, 6.07) is 4.92. The lowest BCUT2D eigenvalue weighted by atomic mass is 9.80. The highest BCUT2D eigenvalue weighted by Crippen LogP contribution is 2.38. The number of thiophene rings is 1. The van der Waals surface area contributed by atoms with Crippen molar-refractivity contribution in [2.45, 2.75) is 50.8 Å². The zero-order valence-electron chi connectivity index (χ0n) is 13.6. The van der Waals surface area contributed by atoms with E-state index in [1.807, 2.05) is 11.4 Å². The van der Waals surface area contributed by atoms with Crippen LogP contribution in [0.25, 0.3) is 0 Å². The van der Waals surface area contributed by atoms with Crippen LogP contribution in [0.15, 0.2) is 17.5 Å². The molecule has 1 aromatic rings. The number of ether oxygens (including phenoxy) is 1. The summed E-state index contributed by atoms with van der Waals surface area (Å²) in [5.74, 6) is 1.35. The van der Waals surface area contributed by atoms with Gasteiger partial charge >= 0.3 is 0 Å². The monoisotopic (exact) mass is 334 g/mol. The SMILES string of the molecule is O=C(C[C@H]1OC[C@H]2CN(C3CCC3)CC[C@H]21)NCc1cccs1. The Morgan fingerprint density at radius 2 is 2.30 bits per heavy atom. The van der Waals surface area contributed by atoms with Gasteiger partial charge in [-0.15, -0.1) is 11.3 Å². The maximum atomic E-state index is 12.2. The predicted molar refractivity (Wildman–Crippen MR) is 91.3 cm³/mol. The highest BCUT2D eigenvalue weighted by atomic mass is 32.1. The van der Waals surface area contributed by atoms with E-state index >= 15 is 0 Å². The Hall–Kier alpha value is -0.910. The molecule has 3 aliphatic rings. The van der Waals surface area contributed by atoms with E-state index in [-0.39, 0.29) is 12.0 Å². The van der Waals surface area contributed by atoms with Gasteiger partial charge in [-0.1, -0.05) is 12.5 Å². The quantitative estimate of drug-likeness (QED) is 0.900. The molecule has 3 atom stereocenters. The summed E-state index contributed by atoms with van der Waals surface area (Å²) in [5.41, 5.74) is 0. The lowest BCUT2D eigenvalue weighted by Gasteiger charge is -2.43. The van der Waals surface area contributed by atoms with Crippen LogP contribution in [0.4, 0.5) is 0 Å². The first kappa shape index (κ1) is 15.6. The third-order valence-corrected chi connectivity index (χ3v) is 6.72. The normalized spacial score (nSPS) is 31.6. The van der Waals surface area contributed by atoms with Gasteiger partial charge < -0.3 is 15.0 Å². The molecule has 3 fully saturated rings. The van der Waals surface area contributed by atoms with Gasteiger partial charge in [0.15, 0.2) is 0 Å². The van der Waals surface area contributed by atoms with Gasteiger partial charge in [-0.3, -0.25) is 4.79 Å². The lowest BCUT2D eigenvalue weighted by Crippen LogP contribution is -2.49. The van der Waals surface area contributed by atoms with Crippen molar-refractivity contribution in [1.82, 2.24) is 10.2 Å². The lowest BCUT2D eigenvalue weighted by molar-refractivity contribution is -0.124. The summed E-state index contributed by atoms with van der Waals surface area (Å²) in [7, 11) is 0. The largest absolute Gasteiger partial charge is 0.377 e. The van der Waals surface area contributed by atoms with Gasteiger partial charge in [0.2, 0.25) is 5.91 Å². The molecule has 2 saturated heterocycles. The first-order valence-corrected chi connectivity index (χ1v) is 9.82. The molecule has 0 radical (unpaired) electrons. The van der Waals surface area contributed by atoms with E-state index in [2.05, 4.69) is 16.3 Å². The van der Waals surface area contributed by atoms with Crippen LogP contribution in [-0.2, 0) is 16.1 Å². The van der Waals surface area contributed by atoms with Crippen LogP contribution in [0, 0.1) is 11.8 Å². The fourth-order valence-electron chi connectivity index (χ4n) is 4.26. The van der Waals surface area contributed by atoms with Gasteiger partial charge in [-0.2, -0.15) is 0 Å². The van der Waals surface area contributed by atoms with Crippen LogP contribution in [0.3, 0.4) is 0 Å². The molecule has 0 aromatic carbocycles. The zero-order valence-corrected chi connectivity index (χ0v) is 14.4. The van der Waals surface area contributed by atoms with E-state index in [9.17, 15) is 4.79 Å². The highest BCUT2D eigenvalue weighted by Gasteiger charge is 2.43. The molecule has 1 aliphatic carbocycles. The van der Waals surface area contributed by atoms with Crippen molar-refractivity contribution in [2.75, 3.05) is 19.7 Å². The summed E-state index contributed by atoms with van der Waals surface area (Å²) in [5, 5.41) is 5.08. The fourth-order valence-corrected chi connectivity index (χ4v) is 4.91. The van der Waals surface area contributed by atoms with E-state index in [4.69, 9.17) is 4.74 Å². The van der Waals surface area contributed by atoms with Gasteiger partial charge in [0, 0.05) is 23.4 Å². The van der Waals surface area contributed by atoms with Crippen LogP contribution in [0.5, 0.6) is 0 Å². The van der Waals surface area contributed by atoms with Crippen molar-refractivity contribution in [3.8, 4) is 0 Å². The van der Waals surface area contributed by atoms with Gasteiger partial charge in [-0.05, 0) is 43.2 Å². The molecule has 1 aromatic heterocycles. The van der Waals surface area contributed by atoms with Gasteiger partial charge in [0.25, 0.3) is 0 Å². The number of hydrogen-bond acceptors (Lipinski definition) is 4. The van der Waals surface area contributed by atoms with Crippen molar-refractivity contribution >= 4 is 17.2 Å². The van der Waals surface area contributed by atoms with Crippen LogP contribution < -0.4 is 5.32 Å². The van der Waals surface area contributed by atoms with Crippen LogP contribution in [0.1, 0.15) is 37.0 Å². The minimum Gasteiger partial charge on any atom is -0.377 e. The fraction of sp³-hybridized carbons (Fsp3) is 0.722. The topological polar surface area (TPSA) is 41.6 Å². The Morgan fingerprint density at radius 3 is 3.04 bits per heavy atom. The van der Waals surface area contributed by atoms with Crippen LogP contribution in [0.2, 0.25) is 0 Å². The number of carbonyl (C=O) groups is 1. The van der Waals surface area contributed by atoms with Crippen molar-refractivity contribution in [3.05, 3.63) is 22.4 Å². The molecule has 23 heavy (non-hydrogen) atoms. The number of nitrogens with zero attached hydrogens (tertiary/aromatic N) is 1. The highest BCUT2D eigenvalue weighted by molar-refractivity contribution is 7.09. The molecule has 1 N–H and O–H groups in total. The average molecular weight is 334 g/mol. The Bertz CT molecular complexity index is 529. The van der Waals surface area contributed by atoms with Crippen molar-refractivity contribution < 1.29 is 9.53 Å². The van der Waals surface area contributed by atoms with Gasteiger partial charge in [0.1, 0.15) is 0 Å². The molecular formula is C18H26N2O2S. The summed E-state index contributed by atoms with van der Waals surface area (Å²) >= 11 is 1.68. The first-order chi connectivity index (χ1) is 11.3. The standard InChI is InChI=1S/C18H26N2O2S/c21-18(19-10-15-5-2-8-23-15)9-17-16-6-7-20(14-3-1-4-14)11-13(16)12-22-17/h2,5,8,13-14,16-17H,1,3-4,6-7,9-12H2,(H,19,21)/t13-,16-,17-/m1/s1. The maximum Gasteiger partial charge on any atom is 0.222 e. The number of carbonyl (C=O) groups excluding carboxylic acids is 1. The van der Waals surface area contributed by atoms with Crippen LogP contribution in [-0.4, -0.2) is 42.6 Å². The minimum atomic E-state index is 0.130. The summed E-state index contributed by atoms with van der Waals surface area (Å²) in [4.78, 5) is 16.1. The van der Waals surface area contributed by atoms with E-state index < -0.39 is 0 Å². The average Bonchev–Trinajstić information content (AvgIpc) is 3.13. The molecular weight excluding hydrogens is 308 g/mol. The molecule has 0 unspecified atom stereocenters. The Labute approximate surface area is 142 Å². The Morgan fingerprint density at radius 1 is 1.39 bits per heavy atom. The zero-order chi connectivity index (χ0) is 15.6. The van der Waals surface area contributed by atoms with Gasteiger partial charge in [-0.25, -0.2) is 0 Å². The molecule has 3 heterocycles. The number of likely N-dealkylation sites (tertiary alicyclic amines) is 1. The molecule has 1 saturated carbocycles. The third kappa shape index (κ3) is 3.47. The summed E-state index contributed by atoms with van der Waals surface area (Å²) < 4.78 is 6.00. The second kappa shape index (κ2) is 6.91. The molecule has 0 bridgehead atoms. The molecule has 4 rings (SSSR count). The molecule has 1 amide bonds. The number of hydrogen-bond donors (Lipinski definition) is 1. The number of rotatable bonds is 5. The number of fused-ring (bicyclic) bond motifs is 1. The minimum absolute atomic E-state index is 0.130. The predicted octanol–water partition coefficient (Wildman–Crippen LogP) is 2.64. The van der Waals surface area contributed by atoms with E-state index in [0.29, 0.717) is 24.8 Å². The second-order valence-corrected chi connectivity index (χ2v) is 8.26. The van der Waals surface area contributed by atoms with E-state index in [0.717, 1.165) is 12.6 Å². The molecule has 4 nitrogen and oxygen atoms in total. The Kier molecular flexibility index (Phi) is 4.69. The van der Waals surface area contributed by atoms with Gasteiger partial charge in [0.05, 0.1) is 25.7 Å². The maximum absolute atomic E-state index is 12.2. The number of nitrogens with one attached hydrogen (secondary N) is 1. The second-order valence-electron chi connectivity index (χ2n) is 7.22. The van der Waals surface area contributed by atoms with Crippen molar-refractivity contribution in [3.63, 3.8) is 0 Å². The molecule has 126 valence electrons. The third-order valence-electron chi connectivity index (χ3n) is 5.84. The smallest absolute Gasteiger partial charge is 0.222 e. The summed E-state index contributed by atoms with van der Waals surface area (Å²) in [6.45, 7) is 3.87. The molecule has 0 spiro atoms. The number of piperidine rings is 1. The van der Waals surface area contributed by atoms with E-state index in [1.165, 1.54) is 43.6 Å². The van der Waals surface area contributed by atoms with E-state index in [1.54, 1.807) is 11.3 Å². The van der Waals surface area contributed by atoms with Crippen LogP contribution >= 0.6 is 11.3 Å². The first-order valence-electron chi connectivity index (χ1n) is 8.94. The van der Waals surface area contributed by atoms with Crippen molar-refractivity contribution in [2.24, 2.45) is 11.8 Å². The Balaban J connectivity index is 1.25. The summed E-state index contributed by atoms with van der Waals surface area (Å²) in [6.07, 6.45) is 6.02. The molecule has 2 aliphatic heterocycles.